The molecule has 1 saturated heterocycles. The Kier molecular flexibility index (Phi) is 4.28. The third-order valence-electron chi connectivity index (χ3n) is 4.49. The maximum absolute atomic E-state index is 12.7. The Bertz CT molecular complexity index is 921. The van der Waals surface area contributed by atoms with E-state index in [0.717, 1.165) is 36.5 Å². The molecule has 1 unspecified atom stereocenters. The van der Waals surface area contributed by atoms with Gasteiger partial charge in [0.15, 0.2) is 0 Å². The fourth-order valence-corrected chi connectivity index (χ4v) is 3.21. The highest BCUT2D eigenvalue weighted by Crippen LogP contribution is 2.22. The summed E-state index contributed by atoms with van der Waals surface area (Å²) in [7, 11) is 0. The van der Waals surface area contributed by atoms with Crippen molar-refractivity contribution in [2.75, 3.05) is 13.2 Å². The highest BCUT2D eigenvalue weighted by Gasteiger charge is 2.17. The average molecular weight is 339 g/mol. The summed E-state index contributed by atoms with van der Waals surface area (Å²) in [6.07, 6.45) is 5.81. The molecule has 3 heterocycles. The van der Waals surface area contributed by atoms with Crippen LogP contribution >= 0.6 is 0 Å². The predicted molar refractivity (Wildman–Crippen MR) is 95.0 cm³/mol. The Labute approximate surface area is 145 Å². The summed E-state index contributed by atoms with van der Waals surface area (Å²) in [4.78, 5) is 12.7. The van der Waals surface area contributed by atoms with E-state index in [9.17, 15) is 4.79 Å². The molecule has 1 fully saturated rings. The van der Waals surface area contributed by atoms with Crippen LogP contribution in [0.25, 0.3) is 16.8 Å². The van der Waals surface area contributed by atoms with Crippen molar-refractivity contribution in [1.29, 1.82) is 0 Å². The molecule has 0 saturated carbocycles. The van der Waals surface area contributed by atoms with Crippen LogP contribution < -0.4 is 10.3 Å². The highest BCUT2D eigenvalue weighted by molar-refractivity contribution is 5.66. The second kappa shape index (κ2) is 6.72. The zero-order valence-electron chi connectivity index (χ0n) is 14.2. The van der Waals surface area contributed by atoms with Crippen LogP contribution in [0.15, 0.2) is 47.5 Å². The first kappa shape index (κ1) is 15.9. The zero-order chi connectivity index (χ0) is 17.2. The largest absolute Gasteiger partial charge is 0.494 e. The van der Waals surface area contributed by atoms with Crippen LogP contribution in [0.2, 0.25) is 0 Å². The van der Waals surface area contributed by atoms with Crippen LogP contribution in [0.3, 0.4) is 0 Å². The number of rotatable bonds is 5. The third-order valence-corrected chi connectivity index (χ3v) is 4.49. The summed E-state index contributed by atoms with van der Waals surface area (Å²) in [5, 5.41) is 4.52. The molecule has 0 aliphatic carbocycles. The first-order chi connectivity index (χ1) is 12.2. The number of fused-ring (bicyclic) bond motifs is 1. The molecule has 0 radical (unpaired) electrons. The summed E-state index contributed by atoms with van der Waals surface area (Å²) < 4.78 is 14.5. The standard InChI is InChI=1S/C19H21N3O3/c1-2-24-15-7-5-14(6-8-15)17-12-18-19(23)21(9-10-22(18)20-17)13-16-4-3-11-25-16/h5-10,12,16H,2-4,11,13H2,1H3. The summed E-state index contributed by atoms with van der Waals surface area (Å²) in [5.41, 5.74) is 2.26. The van der Waals surface area contributed by atoms with Crippen molar-refractivity contribution < 1.29 is 9.47 Å². The summed E-state index contributed by atoms with van der Waals surface area (Å²) >= 11 is 0. The summed E-state index contributed by atoms with van der Waals surface area (Å²) in [5.74, 6) is 0.828. The Morgan fingerprint density at radius 3 is 2.84 bits per heavy atom. The summed E-state index contributed by atoms with van der Waals surface area (Å²) in [6, 6.07) is 9.58. The topological polar surface area (TPSA) is 57.8 Å². The fraction of sp³-hybridized carbons (Fsp3) is 0.368. The van der Waals surface area contributed by atoms with E-state index in [1.165, 1.54) is 0 Å². The molecule has 1 aliphatic rings. The Morgan fingerprint density at radius 1 is 1.28 bits per heavy atom. The van der Waals surface area contributed by atoms with Gasteiger partial charge in [-0.15, -0.1) is 0 Å². The van der Waals surface area contributed by atoms with E-state index < -0.39 is 0 Å². The monoisotopic (exact) mass is 339 g/mol. The molecule has 130 valence electrons. The Hall–Kier alpha value is -2.60. The molecule has 0 N–H and O–H groups in total. The predicted octanol–water partition coefficient (Wildman–Crippen LogP) is 2.74. The molecule has 1 aromatic carbocycles. The van der Waals surface area contributed by atoms with Crippen molar-refractivity contribution in [2.45, 2.75) is 32.4 Å². The van der Waals surface area contributed by atoms with Gasteiger partial charge in [-0.1, -0.05) is 0 Å². The lowest BCUT2D eigenvalue weighted by Gasteiger charge is -2.11. The van der Waals surface area contributed by atoms with Crippen LogP contribution in [0.1, 0.15) is 19.8 Å². The molecule has 0 bridgehead atoms. The van der Waals surface area contributed by atoms with Gasteiger partial charge in [0.25, 0.3) is 5.56 Å². The van der Waals surface area contributed by atoms with Gasteiger partial charge in [-0.25, -0.2) is 4.52 Å². The smallest absolute Gasteiger partial charge is 0.276 e. The minimum atomic E-state index is -0.0392. The fourth-order valence-electron chi connectivity index (χ4n) is 3.21. The van der Waals surface area contributed by atoms with E-state index in [1.807, 2.05) is 43.5 Å². The van der Waals surface area contributed by atoms with Gasteiger partial charge in [-0.2, -0.15) is 5.10 Å². The number of benzene rings is 1. The van der Waals surface area contributed by atoms with Gasteiger partial charge in [0.05, 0.1) is 24.9 Å². The van der Waals surface area contributed by atoms with Gasteiger partial charge >= 0.3 is 0 Å². The molecular weight excluding hydrogens is 318 g/mol. The molecule has 1 aliphatic heterocycles. The Balaban J connectivity index is 1.65. The molecule has 0 amide bonds. The van der Waals surface area contributed by atoms with E-state index in [1.54, 1.807) is 15.3 Å². The van der Waals surface area contributed by atoms with Crippen LogP contribution in [0.5, 0.6) is 5.75 Å². The van der Waals surface area contributed by atoms with Gasteiger partial charge in [0.1, 0.15) is 11.3 Å². The first-order valence-electron chi connectivity index (χ1n) is 8.68. The maximum atomic E-state index is 12.7. The minimum absolute atomic E-state index is 0.0392. The molecule has 0 spiro atoms. The molecular formula is C19H21N3O3. The lowest BCUT2D eigenvalue weighted by Crippen LogP contribution is -2.26. The molecule has 1 atom stereocenters. The quantitative estimate of drug-likeness (QED) is 0.717. The molecule has 3 aromatic rings. The van der Waals surface area contributed by atoms with Crippen LogP contribution in [0.4, 0.5) is 0 Å². The SMILES string of the molecule is CCOc1ccc(-c2cc3c(=O)n(CC4CCCO4)ccn3n2)cc1. The van der Waals surface area contributed by atoms with E-state index in [-0.39, 0.29) is 11.7 Å². The van der Waals surface area contributed by atoms with E-state index >= 15 is 0 Å². The minimum Gasteiger partial charge on any atom is -0.494 e. The van der Waals surface area contributed by atoms with Crippen molar-refractivity contribution in [3.05, 3.63) is 53.1 Å². The van der Waals surface area contributed by atoms with Crippen molar-refractivity contribution in [3.63, 3.8) is 0 Å². The molecule has 6 nitrogen and oxygen atoms in total. The van der Waals surface area contributed by atoms with Gasteiger partial charge in [0, 0.05) is 24.6 Å². The van der Waals surface area contributed by atoms with Gasteiger partial charge in [-0.05, 0) is 50.1 Å². The third kappa shape index (κ3) is 3.17. The van der Waals surface area contributed by atoms with Crippen molar-refractivity contribution >= 4 is 5.52 Å². The first-order valence-corrected chi connectivity index (χ1v) is 8.68. The van der Waals surface area contributed by atoms with Crippen molar-refractivity contribution in [3.8, 4) is 17.0 Å². The molecule has 6 heteroatoms. The second-order valence-corrected chi connectivity index (χ2v) is 6.21. The average Bonchev–Trinajstić information content (AvgIpc) is 3.28. The lowest BCUT2D eigenvalue weighted by molar-refractivity contribution is 0.0962. The summed E-state index contributed by atoms with van der Waals surface area (Å²) in [6.45, 7) is 3.98. The molecule has 4 rings (SSSR count). The van der Waals surface area contributed by atoms with E-state index in [0.29, 0.717) is 18.7 Å². The maximum Gasteiger partial charge on any atom is 0.276 e. The number of hydrogen-bond acceptors (Lipinski definition) is 4. The highest BCUT2D eigenvalue weighted by atomic mass is 16.5. The number of ether oxygens (including phenoxy) is 2. The Morgan fingerprint density at radius 2 is 2.12 bits per heavy atom. The number of hydrogen-bond donors (Lipinski definition) is 0. The normalized spacial score (nSPS) is 17.2. The molecule has 25 heavy (non-hydrogen) atoms. The second-order valence-electron chi connectivity index (χ2n) is 6.21. The van der Waals surface area contributed by atoms with Gasteiger partial charge in [-0.3, -0.25) is 4.79 Å². The van der Waals surface area contributed by atoms with E-state index in [2.05, 4.69) is 5.10 Å². The molecule has 2 aromatic heterocycles. The number of aromatic nitrogens is 3. The zero-order valence-corrected chi connectivity index (χ0v) is 14.2. The van der Waals surface area contributed by atoms with Gasteiger partial charge in [0.2, 0.25) is 0 Å². The van der Waals surface area contributed by atoms with E-state index in [4.69, 9.17) is 9.47 Å². The van der Waals surface area contributed by atoms with Gasteiger partial charge < -0.3 is 14.0 Å². The van der Waals surface area contributed by atoms with Crippen molar-refractivity contribution in [1.82, 2.24) is 14.2 Å². The van der Waals surface area contributed by atoms with Crippen LogP contribution in [-0.4, -0.2) is 33.5 Å². The van der Waals surface area contributed by atoms with Crippen molar-refractivity contribution in [2.24, 2.45) is 0 Å². The van der Waals surface area contributed by atoms with Crippen LogP contribution in [0, 0.1) is 0 Å². The number of nitrogens with zero attached hydrogens (tertiary/aromatic N) is 3. The van der Waals surface area contributed by atoms with Crippen LogP contribution in [-0.2, 0) is 11.3 Å². The lowest BCUT2D eigenvalue weighted by atomic mass is 10.1.